The van der Waals surface area contributed by atoms with Gasteiger partial charge in [0.2, 0.25) is 5.91 Å². The average molecular weight is 459 g/mol. The van der Waals surface area contributed by atoms with E-state index in [-0.39, 0.29) is 12.1 Å². The van der Waals surface area contributed by atoms with E-state index in [4.69, 9.17) is 4.74 Å². The van der Waals surface area contributed by atoms with Crippen LogP contribution in [-0.2, 0) is 24.3 Å². The molecular formula is C29H34N2O3. The number of hydrogen-bond donors (Lipinski definition) is 1. The summed E-state index contributed by atoms with van der Waals surface area (Å²) in [5.41, 5.74) is 4.20. The minimum Gasteiger partial charge on any atom is -0.508 e. The zero-order chi connectivity index (χ0) is 23.9. The normalized spacial score (nSPS) is 16.2. The average Bonchev–Trinajstić information content (AvgIpc) is 2.86. The molecule has 0 spiro atoms. The fraction of sp³-hybridized carbons (Fsp3) is 0.345. The summed E-state index contributed by atoms with van der Waals surface area (Å²) in [5.74, 6) is 1.20. The van der Waals surface area contributed by atoms with Crippen molar-refractivity contribution in [2.24, 2.45) is 0 Å². The number of phenolic OH excluding ortho intramolecular Hbond substituents is 1. The number of piperidine rings is 1. The van der Waals surface area contributed by atoms with E-state index in [2.05, 4.69) is 36.1 Å². The highest BCUT2D eigenvalue weighted by Gasteiger charge is 2.31. The van der Waals surface area contributed by atoms with Gasteiger partial charge in [0.25, 0.3) is 0 Å². The molecule has 1 unspecified atom stereocenters. The van der Waals surface area contributed by atoms with Crippen LogP contribution in [0.5, 0.6) is 11.5 Å². The van der Waals surface area contributed by atoms with Crippen molar-refractivity contribution in [3.63, 3.8) is 0 Å². The lowest BCUT2D eigenvalue weighted by Crippen LogP contribution is -2.52. The lowest BCUT2D eigenvalue weighted by Gasteiger charge is -2.43. The Balaban J connectivity index is 1.59. The van der Waals surface area contributed by atoms with E-state index < -0.39 is 0 Å². The molecule has 178 valence electrons. The van der Waals surface area contributed by atoms with Crippen molar-refractivity contribution in [2.75, 3.05) is 13.7 Å². The molecule has 0 saturated carbocycles. The van der Waals surface area contributed by atoms with Crippen LogP contribution in [0.4, 0.5) is 0 Å². The first-order chi connectivity index (χ1) is 16.5. The van der Waals surface area contributed by atoms with E-state index in [1.54, 1.807) is 13.2 Å². The van der Waals surface area contributed by atoms with Crippen molar-refractivity contribution in [1.82, 2.24) is 9.80 Å². The molecule has 1 fully saturated rings. The Hall–Kier alpha value is -3.31. The third-order valence-corrected chi connectivity index (χ3v) is 6.61. The standard InChI is InChI=1S/C29H34N2O3/c1-22-10-12-24(13-11-22)20-31(29(33)19-23-14-16-26(34-2)17-15-23)28-9-5-6-18-30(28)21-25-7-3-4-8-27(25)32/h3-4,7-8,10-17,28,32H,5-6,9,18-21H2,1-2H3. The van der Waals surface area contributed by atoms with Gasteiger partial charge in [0.15, 0.2) is 0 Å². The summed E-state index contributed by atoms with van der Waals surface area (Å²) in [5, 5.41) is 10.4. The number of ether oxygens (including phenoxy) is 1. The van der Waals surface area contributed by atoms with E-state index in [0.717, 1.165) is 48.2 Å². The molecule has 5 heteroatoms. The second kappa shape index (κ2) is 11.2. The van der Waals surface area contributed by atoms with E-state index in [1.165, 1.54) is 5.56 Å². The Morgan fingerprint density at radius 3 is 2.41 bits per heavy atom. The maximum Gasteiger partial charge on any atom is 0.228 e. The number of para-hydroxylation sites is 1. The monoisotopic (exact) mass is 458 g/mol. The van der Waals surface area contributed by atoms with Gasteiger partial charge in [0.05, 0.1) is 19.7 Å². The van der Waals surface area contributed by atoms with Crippen LogP contribution >= 0.6 is 0 Å². The first-order valence-corrected chi connectivity index (χ1v) is 12.0. The van der Waals surface area contributed by atoms with Crippen LogP contribution in [0.1, 0.15) is 41.5 Å². The number of hydrogen-bond acceptors (Lipinski definition) is 4. The molecule has 1 saturated heterocycles. The molecule has 4 rings (SSSR count). The molecule has 1 atom stereocenters. The number of aromatic hydroxyl groups is 1. The molecule has 0 radical (unpaired) electrons. The zero-order valence-corrected chi connectivity index (χ0v) is 20.1. The van der Waals surface area contributed by atoms with Gasteiger partial charge < -0.3 is 14.7 Å². The Labute approximate surface area is 202 Å². The van der Waals surface area contributed by atoms with E-state index >= 15 is 0 Å². The SMILES string of the molecule is COc1ccc(CC(=O)N(Cc2ccc(C)cc2)C2CCCCN2Cc2ccccc2O)cc1. The van der Waals surface area contributed by atoms with Crippen LogP contribution < -0.4 is 4.74 Å². The first kappa shape index (κ1) is 23.8. The molecule has 1 aliphatic rings. The van der Waals surface area contributed by atoms with E-state index in [0.29, 0.717) is 25.3 Å². The topological polar surface area (TPSA) is 53.0 Å². The Morgan fingerprint density at radius 1 is 1.00 bits per heavy atom. The van der Waals surface area contributed by atoms with Crippen molar-refractivity contribution in [3.8, 4) is 11.5 Å². The minimum absolute atomic E-state index is 0.0135. The van der Waals surface area contributed by atoms with Gasteiger partial charge in [-0.05, 0) is 55.5 Å². The maximum atomic E-state index is 13.7. The van der Waals surface area contributed by atoms with Crippen LogP contribution in [0, 0.1) is 6.92 Å². The molecule has 3 aromatic rings. The molecular weight excluding hydrogens is 424 g/mol. The van der Waals surface area contributed by atoms with Crippen LogP contribution in [0.2, 0.25) is 0 Å². The fourth-order valence-electron chi connectivity index (χ4n) is 4.64. The Bertz CT molecular complexity index is 1080. The van der Waals surface area contributed by atoms with Crippen molar-refractivity contribution in [2.45, 2.75) is 51.9 Å². The number of aryl methyl sites for hydroxylation is 1. The zero-order valence-electron chi connectivity index (χ0n) is 20.1. The van der Waals surface area contributed by atoms with Crippen molar-refractivity contribution in [3.05, 3.63) is 95.1 Å². The highest BCUT2D eigenvalue weighted by atomic mass is 16.5. The third-order valence-electron chi connectivity index (χ3n) is 6.61. The minimum atomic E-state index is -0.0135. The van der Waals surface area contributed by atoms with Gasteiger partial charge in [-0.1, -0.05) is 60.2 Å². The number of carbonyl (C=O) groups is 1. The van der Waals surface area contributed by atoms with Crippen LogP contribution in [0.25, 0.3) is 0 Å². The molecule has 5 nitrogen and oxygen atoms in total. The number of phenols is 1. The van der Waals surface area contributed by atoms with Crippen molar-refractivity contribution < 1.29 is 14.6 Å². The van der Waals surface area contributed by atoms with Gasteiger partial charge >= 0.3 is 0 Å². The molecule has 1 N–H and O–H groups in total. The van der Waals surface area contributed by atoms with Gasteiger partial charge in [-0.15, -0.1) is 0 Å². The molecule has 0 aliphatic carbocycles. The molecule has 1 amide bonds. The Morgan fingerprint density at radius 2 is 1.71 bits per heavy atom. The van der Waals surface area contributed by atoms with Gasteiger partial charge in [-0.2, -0.15) is 0 Å². The first-order valence-electron chi connectivity index (χ1n) is 12.0. The number of amides is 1. The molecule has 1 aliphatic heterocycles. The van der Waals surface area contributed by atoms with Crippen LogP contribution in [0.15, 0.2) is 72.8 Å². The lowest BCUT2D eigenvalue weighted by atomic mass is 10.0. The quantitative estimate of drug-likeness (QED) is 0.498. The maximum absolute atomic E-state index is 13.7. The molecule has 0 aromatic heterocycles. The smallest absolute Gasteiger partial charge is 0.228 e. The summed E-state index contributed by atoms with van der Waals surface area (Å²) in [7, 11) is 1.64. The summed E-state index contributed by atoms with van der Waals surface area (Å²) in [6, 6.07) is 23.6. The fourth-order valence-corrected chi connectivity index (χ4v) is 4.64. The second-order valence-electron chi connectivity index (χ2n) is 9.11. The van der Waals surface area contributed by atoms with Crippen LogP contribution in [-0.4, -0.2) is 40.6 Å². The van der Waals surface area contributed by atoms with Crippen molar-refractivity contribution in [1.29, 1.82) is 0 Å². The van der Waals surface area contributed by atoms with E-state index in [1.807, 2.05) is 47.4 Å². The number of likely N-dealkylation sites (tertiary alicyclic amines) is 1. The van der Waals surface area contributed by atoms with Gasteiger partial charge in [0, 0.05) is 25.2 Å². The van der Waals surface area contributed by atoms with Crippen molar-refractivity contribution >= 4 is 5.91 Å². The van der Waals surface area contributed by atoms with Gasteiger partial charge in [-0.3, -0.25) is 9.69 Å². The lowest BCUT2D eigenvalue weighted by molar-refractivity contribution is -0.140. The molecule has 34 heavy (non-hydrogen) atoms. The summed E-state index contributed by atoms with van der Waals surface area (Å²) < 4.78 is 5.26. The van der Waals surface area contributed by atoms with Crippen LogP contribution in [0.3, 0.4) is 0 Å². The molecule has 1 heterocycles. The number of benzene rings is 3. The van der Waals surface area contributed by atoms with E-state index in [9.17, 15) is 9.90 Å². The predicted molar refractivity (Wildman–Crippen MR) is 135 cm³/mol. The molecule has 0 bridgehead atoms. The number of rotatable bonds is 8. The molecule has 3 aromatic carbocycles. The summed E-state index contributed by atoms with van der Waals surface area (Å²) in [6.45, 7) is 4.17. The Kier molecular flexibility index (Phi) is 7.86. The highest BCUT2D eigenvalue weighted by molar-refractivity contribution is 5.79. The predicted octanol–water partition coefficient (Wildman–Crippen LogP) is 5.29. The summed E-state index contributed by atoms with van der Waals surface area (Å²) in [4.78, 5) is 18.1. The summed E-state index contributed by atoms with van der Waals surface area (Å²) >= 11 is 0. The third kappa shape index (κ3) is 5.97. The largest absolute Gasteiger partial charge is 0.508 e. The number of nitrogens with zero attached hydrogens (tertiary/aromatic N) is 2. The highest BCUT2D eigenvalue weighted by Crippen LogP contribution is 2.27. The van der Waals surface area contributed by atoms with Gasteiger partial charge in [0.1, 0.15) is 11.5 Å². The second-order valence-corrected chi connectivity index (χ2v) is 9.11. The number of methoxy groups -OCH3 is 1. The number of carbonyl (C=O) groups excluding carboxylic acids is 1. The summed E-state index contributed by atoms with van der Waals surface area (Å²) in [6.07, 6.45) is 3.43. The van der Waals surface area contributed by atoms with Gasteiger partial charge in [-0.25, -0.2) is 0 Å².